The van der Waals surface area contributed by atoms with Crippen molar-refractivity contribution in [2.45, 2.75) is 6.36 Å². The Morgan fingerprint density at radius 2 is 2.11 bits per heavy atom. The van der Waals surface area contributed by atoms with Crippen molar-refractivity contribution in [3.63, 3.8) is 0 Å². The molecule has 94 valence electrons. The molecule has 4 nitrogen and oxygen atoms in total. The van der Waals surface area contributed by atoms with E-state index in [0.717, 1.165) is 0 Å². The maximum absolute atomic E-state index is 12.1. The molecule has 18 heavy (non-hydrogen) atoms. The number of nitrogens with zero attached hydrogens (tertiary/aromatic N) is 1. The van der Waals surface area contributed by atoms with Crippen LogP contribution in [-0.4, -0.2) is 22.8 Å². The zero-order valence-electron chi connectivity index (χ0n) is 8.86. The smallest absolute Gasteiger partial charge is 0.406 e. The molecule has 0 saturated heterocycles. The predicted octanol–water partition coefficient (Wildman–Crippen LogP) is 2.79. The van der Waals surface area contributed by atoms with Gasteiger partial charge in [-0.15, -0.1) is 13.2 Å². The minimum Gasteiger partial charge on any atom is -0.406 e. The lowest BCUT2D eigenvalue weighted by molar-refractivity contribution is -0.274. The number of carbonyl (C=O) groups is 1. The van der Waals surface area contributed by atoms with Crippen LogP contribution in [0.4, 0.5) is 13.2 Å². The van der Waals surface area contributed by atoms with Crippen LogP contribution in [0.1, 0.15) is 10.4 Å². The molecule has 0 radical (unpaired) electrons. The quantitative estimate of drug-likeness (QED) is 0.859. The number of benzene rings is 1. The molecule has 2 rings (SSSR count). The molecule has 1 aromatic heterocycles. The van der Waals surface area contributed by atoms with E-state index in [9.17, 15) is 18.0 Å². The second-order valence-electron chi connectivity index (χ2n) is 3.39. The number of ether oxygens (including phenoxy) is 1. The van der Waals surface area contributed by atoms with Gasteiger partial charge in [-0.05, 0) is 12.1 Å². The molecule has 2 aromatic rings. The molecule has 0 saturated carbocycles. The fraction of sp³-hybridized carbons (Fsp3) is 0.0909. The van der Waals surface area contributed by atoms with Gasteiger partial charge in [0.25, 0.3) is 0 Å². The van der Waals surface area contributed by atoms with Crippen LogP contribution in [0.15, 0.2) is 30.5 Å². The first-order chi connectivity index (χ1) is 8.49. The number of aromatic amines is 1. The summed E-state index contributed by atoms with van der Waals surface area (Å²) in [5.74, 6) is -0.355. The van der Waals surface area contributed by atoms with Gasteiger partial charge in [0.1, 0.15) is 5.75 Å². The van der Waals surface area contributed by atoms with E-state index in [-0.39, 0.29) is 11.3 Å². The van der Waals surface area contributed by atoms with E-state index in [0.29, 0.717) is 17.5 Å². The monoisotopic (exact) mass is 256 g/mol. The van der Waals surface area contributed by atoms with Gasteiger partial charge in [-0.2, -0.15) is 5.10 Å². The molecule has 0 bridgehead atoms. The maximum Gasteiger partial charge on any atom is 0.573 e. The number of hydrogen-bond donors (Lipinski definition) is 1. The van der Waals surface area contributed by atoms with Gasteiger partial charge in [0.05, 0.1) is 17.5 Å². The maximum atomic E-state index is 12.1. The Morgan fingerprint density at radius 1 is 1.33 bits per heavy atom. The van der Waals surface area contributed by atoms with Crippen molar-refractivity contribution in [3.05, 3.63) is 36.0 Å². The lowest BCUT2D eigenvalue weighted by Gasteiger charge is -2.09. The fourth-order valence-corrected chi connectivity index (χ4v) is 1.46. The predicted molar refractivity (Wildman–Crippen MR) is 56.1 cm³/mol. The lowest BCUT2D eigenvalue weighted by Crippen LogP contribution is -2.17. The Hall–Kier alpha value is -2.31. The number of carbonyl (C=O) groups excluding carboxylic acids is 1. The van der Waals surface area contributed by atoms with E-state index in [1.807, 2.05) is 0 Å². The van der Waals surface area contributed by atoms with E-state index in [1.54, 1.807) is 6.07 Å². The van der Waals surface area contributed by atoms with E-state index < -0.39 is 6.36 Å². The Kier molecular flexibility index (Phi) is 3.05. The van der Waals surface area contributed by atoms with Crippen LogP contribution in [0.5, 0.6) is 5.75 Å². The number of aldehydes is 1. The zero-order chi connectivity index (χ0) is 13.2. The van der Waals surface area contributed by atoms with Gasteiger partial charge in [-0.1, -0.05) is 12.1 Å². The molecule has 0 aliphatic rings. The Labute approximate surface area is 99.4 Å². The summed E-state index contributed by atoms with van der Waals surface area (Å²) < 4.78 is 40.0. The van der Waals surface area contributed by atoms with Crippen molar-refractivity contribution < 1.29 is 22.7 Å². The Morgan fingerprint density at radius 3 is 2.78 bits per heavy atom. The summed E-state index contributed by atoms with van der Waals surface area (Å²) in [6.07, 6.45) is -2.89. The molecule has 0 aliphatic heterocycles. The van der Waals surface area contributed by atoms with Gasteiger partial charge in [-0.25, -0.2) is 0 Å². The van der Waals surface area contributed by atoms with E-state index in [1.165, 1.54) is 24.4 Å². The number of rotatable bonds is 3. The molecule has 0 fully saturated rings. The van der Waals surface area contributed by atoms with Gasteiger partial charge < -0.3 is 4.74 Å². The number of halogens is 3. The van der Waals surface area contributed by atoms with Crippen molar-refractivity contribution in [1.29, 1.82) is 0 Å². The number of hydrogen-bond acceptors (Lipinski definition) is 3. The molecular weight excluding hydrogens is 249 g/mol. The van der Waals surface area contributed by atoms with Crippen LogP contribution in [0.25, 0.3) is 11.3 Å². The topological polar surface area (TPSA) is 55.0 Å². The fourth-order valence-electron chi connectivity index (χ4n) is 1.46. The molecule has 0 aliphatic carbocycles. The van der Waals surface area contributed by atoms with Gasteiger partial charge in [-0.3, -0.25) is 9.89 Å². The van der Waals surface area contributed by atoms with Crippen LogP contribution >= 0.6 is 0 Å². The molecule has 0 atom stereocenters. The average Bonchev–Trinajstić information content (AvgIpc) is 2.75. The van der Waals surface area contributed by atoms with Crippen molar-refractivity contribution in [2.75, 3.05) is 0 Å². The third-order valence-electron chi connectivity index (χ3n) is 2.15. The Balaban J connectivity index is 2.36. The minimum atomic E-state index is -4.75. The summed E-state index contributed by atoms with van der Waals surface area (Å²) in [5.41, 5.74) is 0.994. The second-order valence-corrected chi connectivity index (χ2v) is 3.39. The summed E-state index contributed by atoms with van der Waals surface area (Å²) in [5, 5.41) is 6.20. The number of aromatic nitrogens is 2. The van der Waals surface area contributed by atoms with Crippen LogP contribution in [0.3, 0.4) is 0 Å². The molecule has 7 heteroatoms. The summed E-state index contributed by atoms with van der Waals surface area (Å²) in [6.45, 7) is 0. The van der Waals surface area contributed by atoms with Gasteiger partial charge >= 0.3 is 6.36 Å². The normalized spacial score (nSPS) is 11.3. The highest BCUT2D eigenvalue weighted by Crippen LogP contribution is 2.28. The van der Waals surface area contributed by atoms with Crippen LogP contribution in [-0.2, 0) is 0 Å². The first kappa shape index (κ1) is 12.2. The first-order valence-electron chi connectivity index (χ1n) is 4.84. The minimum absolute atomic E-state index is 0.263. The average molecular weight is 256 g/mol. The van der Waals surface area contributed by atoms with Gasteiger partial charge in [0, 0.05) is 5.56 Å². The first-order valence-corrected chi connectivity index (χ1v) is 4.84. The number of H-pyrrole nitrogens is 1. The van der Waals surface area contributed by atoms with E-state index >= 15 is 0 Å². The zero-order valence-corrected chi connectivity index (χ0v) is 8.86. The lowest BCUT2D eigenvalue weighted by atomic mass is 10.1. The molecule has 0 spiro atoms. The highest BCUT2D eigenvalue weighted by Gasteiger charge is 2.31. The molecule has 1 N–H and O–H groups in total. The molecule has 0 unspecified atom stereocenters. The van der Waals surface area contributed by atoms with Crippen molar-refractivity contribution in [3.8, 4) is 17.0 Å². The SMILES string of the molecule is O=Cc1cn[nH]c1-c1cccc(OC(F)(F)F)c1. The summed E-state index contributed by atoms with van der Waals surface area (Å²) in [4.78, 5) is 10.7. The van der Waals surface area contributed by atoms with Crippen molar-refractivity contribution in [2.24, 2.45) is 0 Å². The Bertz CT molecular complexity index is 563. The molecule has 0 amide bonds. The third-order valence-corrected chi connectivity index (χ3v) is 2.15. The van der Waals surface area contributed by atoms with Crippen LogP contribution < -0.4 is 4.74 Å². The summed E-state index contributed by atoms with van der Waals surface area (Å²) >= 11 is 0. The van der Waals surface area contributed by atoms with Crippen molar-refractivity contribution in [1.82, 2.24) is 10.2 Å². The second kappa shape index (κ2) is 4.52. The molecule has 1 heterocycles. The highest BCUT2D eigenvalue weighted by atomic mass is 19.4. The summed E-state index contributed by atoms with van der Waals surface area (Å²) in [7, 11) is 0. The molecule has 1 aromatic carbocycles. The van der Waals surface area contributed by atoms with Crippen LogP contribution in [0, 0.1) is 0 Å². The van der Waals surface area contributed by atoms with E-state index in [4.69, 9.17) is 0 Å². The standard InChI is InChI=1S/C11H7F3N2O2/c12-11(13,14)18-9-3-1-2-7(4-9)10-8(6-17)5-15-16-10/h1-6H,(H,15,16). The largest absolute Gasteiger partial charge is 0.573 e. The van der Waals surface area contributed by atoms with E-state index in [2.05, 4.69) is 14.9 Å². The third kappa shape index (κ3) is 2.68. The van der Waals surface area contributed by atoms with Crippen LogP contribution in [0.2, 0.25) is 0 Å². The van der Waals surface area contributed by atoms with Gasteiger partial charge in [0.15, 0.2) is 6.29 Å². The molecular formula is C11H7F3N2O2. The van der Waals surface area contributed by atoms with Gasteiger partial charge in [0.2, 0.25) is 0 Å². The summed E-state index contributed by atoms with van der Waals surface area (Å²) in [6, 6.07) is 5.29. The highest BCUT2D eigenvalue weighted by molar-refractivity contribution is 5.85. The number of alkyl halides is 3. The number of nitrogens with one attached hydrogen (secondary N) is 1. The van der Waals surface area contributed by atoms with Crippen molar-refractivity contribution >= 4 is 6.29 Å².